The van der Waals surface area contributed by atoms with Crippen LogP contribution in [0.4, 0.5) is 10.5 Å². The van der Waals surface area contributed by atoms with E-state index in [-0.39, 0.29) is 6.03 Å². The van der Waals surface area contributed by atoms with Crippen LogP contribution in [0.25, 0.3) is 6.08 Å². The molecule has 3 rings (SSSR count). The van der Waals surface area contributed by atoms with E-state index < -0.39 is 0 Å². The lowest BCUT2D eigenvalue weighted by Gasteiger charge is -2.20. The monoisotopic (exact) mass is 267 g/mol. The summed E-state index contributed by atoms with van der Waals surface area (Å²) >= 11 is 0. The van der Waals surface area contributed by atoms with Crippen molar-refractivity contribution in [2.75, 3.05) is 18.0 Å². The largest absolute Gasteiger partial charge is 0.457 e. The van der Waals surface area contributed by atoms with Gasteiger partial charge in [0.2, 0.25) is 0 Å². The Hall–Kier alpha value is -2.50. The van der Waals surface area contributed by atoms with Crippen LogP contribution in [0, 0.1) is 0 Å². The fourth-order valence-electron chi connectivity index (χ4n) is 2.28. The van der Waals surface area contributed by atoms with Gasteiger partial charge in [-0.05, 0) is 24.3 Å². The van der Waals surface area contributed by atoms with Crippen molar-refractivity contribution in [1.82, 2.24) is 4.81 Å². The number of benzene rings is 1. The predicted molar refractivity (Wildman–Crippen MR) is 77.2 cm³/mol. The van der Waals surface area contributed by atoms with Crippen molar-refractivity contribution in [3.8, 4) is 5.75 Å². The Morgan fingerprint density at radius 3 is 2.95 bits per heavy atom. The van der Waals surface area contributed by atoms with Gasteiger partial charge in [0.25, 0.3) is 0 Å². The molecule has 0 N–H and O–H groups in total. The normalized spacial score (nSPS) is 17.0. The van der Waals surface area contributed by atoms with E-state index >= 15 is 0 Å². The SMILES string of the molecule is C=C1C=Cc2ccc(N3CCN([B]C=O)C3=O)cc2O1. The molecule has 0 bridgehead atoms. The second-order valence-electron chi connectivity index (χ2n) is 4.54. The average molecular weight is 267 g/mol. The molecule has 2 amide bonds. The molecule has 99 valence electrons. The molecule has 2 heterocycles. The average Bonchev–Trinajstić information content (AvgIpc) is 2.80. The van der Waals surface area contributed by atoms with Crippen molar-refractivity contribution in [2.24, 2.45) is 0 Å². The van der Waals surface area contributed by atoms with E-state index in [1.165, 1.54) is 12.2 Å². The van der Waals surface area contributed by atoms with Crippen LogP contribution in [0.15, 0.2) is 36.6 Å². The van der Waals surface area contributed by atoms with Gasteiger partial charge >= 0.3 is 13.4 Å². The molecule has 1 aromatic rings. The number of hydrogen-bond donors (Lipinski definition) is 0. The number of ether oxygens (including phenoxy) is 1. The molecule has 5 nitrogen and oxygen atoms in total. The maximum atomic E-state index is 12.1. The summed E-state index contributed by atoms with van der Waals surface area (Å²) in [4.78, 5) is 25.6. The van der Waals surface area contributed by atoms with Crippen LogP contribution in [-0.4, -0.2) is 37.5 Å². The summed E-state index contributed by atoms with van der Waals surface area (Å²) in [5.74, 6) is 1.25. The first-order valence-electron chi connectivity index (χ1n) is 6.25. The summed E-state index contributed by atoms with van der Waals surface area (Å²) < 4.78 is 5.54. The predicted octanol–water partition coefficient (Wildman–Crippen LogP) is 1.66. The zero-order valence-corrected chi connectivity index (χ0v) is 10.8. The molecule has 1 aromatic carbocycles. The van der Waals surface area contributed by atoms with Crippen molar-refractivity contribution >= 4 is 31.4 Å². The second kappa shape index (κ2) is 4.88. The molecule has 0 aliphatic carbocycles. The first-order valence-corrected chi connectivity index (χ1v) is 6.25. The molecule has 0 spiro atoms. The quantitative estimate of drug-likeness (QED) is 0.618. The molecule has 2 aliphatic rings. The van der Waals surface area contributed by atoms with Gasteiger partial charge < -0.3 is 14.3 Å². The molecule has 1 fully saturated rings. The lowest BCUT2D eigenvalue weighted by molar-refractivity contribution is 0.240. The molecule has 0 atom stereocenters. The summed E-state index contributed by atoms with van der Waals surface area (Å²) in [5, 5.41) is 0. The van der Waals surface area contributed by atoms with Crippen molar-refractivity contribution in [3.63, 3.8) is 0 Å². The van der Waals surface area contributed by atoms with Gasteiger partial charge in [-0.3, -0.25) is 4.90 Å². The number of carbonyl (C=O) groups excluding carboxylic acids is 2. The highest BCUT2D eigenvalue weighted by Crippen LogP contribution is 2.32. The molecule has 6 heteroatoms. The maximum absolute atomic E-state index is 12.1. The number of amides is 2. The number of nitrogens with zero attached hydrogens (tertiary/aromatic N) is 2. The summed E-state index contributed by atoms with van der Waals surface area (Å²) in [6.45, 7) is 4.79. The number of hydrogen-bond acceptors (Lipinski definition) is 3. The zero-order valence-electron chi connectivity index (χ0n) is 10.8. The zero-order chi connectivity index (χ0) is 14.1. The molecule has 0 aromatic heterocycles. The Morgan fingerprint density at radius 2 is 2.15 bits per heavy atom. The summed E-state index contributed by atoms with van der Waals surface area (Å²) in [6, 6.07) is 5.37. The molecular formula is C14H12BN2O3. The first kappa shape index (κ1) is 12.5. The van der Waals surface area contributed by atoms with Crippen molar-refractivity contribution in [1.29, 1.82) is 0 Å². The van der Waals surface area contributed by atoms with E-state index in [9.17, 15) is 9.59 Å². The fraction of sp³-hybridized carbons (Fsp3) is 0.143. The van der Waals surface area contributed by atoms with Crippen LogP contribution in [0.1, 0.15) is 5.56 Å². The number of allylic oxidation sites excluding steroid dienone is 1. The van der Waals surface area contributed by atoms with Crippen LogP contribution in [-0.2, 0) is 4.79 Å². The molecule has 2 aliphatic heterocycles. The Morgan fingerprint density at radius 1 is 1.30 bits per heavy atom. The van der Waals surface area contributed by atoms with Gasteiger partial charge in [0.1, 0.15) is 17.7 Å². The third-order valence-corrected chi connectivity index (χ3v) is 3.28. The molecule has 0 saturated carbocycles. The van der Waals surface area contributed by atoms with E-state index in [0.29, 0.717) is 30.8 Å². The Balaban J connectivity index is 1.87. The van der Waals surface area contributed by atoms with Gasteiger partial charge in [0, 0.05) is 30.4 Å². The van der Waals surface area contributed by atoms with Gasteiger partial charge in [-0.15, -0.1) is 0 Å². The van der Waals surface area contributed by atoms with Crippen molar-refractivity contribution in [3.05, 3.63) is 42.2 Å². The van der Waals surface area contributed by atoms with E-state index in [1.807, 2.05) is 24.3 Å². The highest BCUT2D eigenvalue weighted by Gasteiger charge is 2.30. The van der Waals surface area contributed by atoms with E-state index in [0.717, 1.165) is 11.3 Å². The Kier molecular flexibility index (Phi) is 3.06. The minimum Gasteiger partial charge on any atom is -0.457 e. The number of fused-ring (bicyclic) bond motifs is 1. The Labute approximate surface area is 117 Å². The molecular weight excluding hydrogens is 255 g/mol. The smallest absolute Gasteiger partial charge is 0.333 e. The molecule has 1 saturated heterocycles. The van der Waals surface area contributed by atoms with Gasteiger partial charge in [0.15, 0.2) is 0 Å². The summed E-state index contributed by atoms with van der Waals surface area (Å²) in [5.41, 5.74) is 1.70. The summed E-state index contributed by atoms with van der Waals surface area (Å²) in [6.07, 6.45) is 4.33. The van der Waals surface area contributed by atoms with Crippen LogP contribution in [0.2, 0.25) is 0 Å². The highest BCUT2D eigenvalue weighted by atomic mass is 16.5. The van der Waals surface area contributed by atoms with Crippen molar-refractivity contribution < 1.29 is 14.3 Å². The maximum Gasteiger partial charge on any atom is 0.333 e. The number of carbonyl (C=O) groups is 2. The molecule has 0 unspecified atom stereocenters. The standard InChI is InChI=1S/C14H12BN2O3/c1-10-2-3-11-4-5-12(8-13(11)20-10)16-6-7-17(14(16)19)15-9-18/h2-5,8-9H,1,6-7H2. The van der Waals surface area contributed by atoms with Crippen LogP contribution in [0.3, 0.4) is 0 Å². The fourth-order valence-corrected chi connectivity index (χ4v) is 2.28. The minimum atomic E-state index is -0.206. The highest BCUT2D eigenvalue weighted by molar-refractivity contribution is 6.66. The lowest BCUT2D eigenvalue weighted by Crippen LogP contribution is -2.35. The van der Waals surface area contributed by atoms with Crippen LogP contribution >= 0.6 is 0 Å². The van der Waals surface area contributed by atoms with Crippen LogP contribution in [0.5, 0.6) is 5.75 Å². The minimum absolute atomic E-state index is 0.206. The van der Waals surface area contributed by atoms with E-state index in [1.54, 1.807) is 11.0 Å². The van der Waals surface area contributed by atoms with E-state index in [2.05, 4.69) is 6.58 Å². The molecule has 20 heavy (non-hydrogen) atoms. The number of urea groups is 1. The van der Waals surface area contributed by atoms with Crippen molar-refractivity contribution in [2.45, 2.75) is 0 Å². The summed E-state index contributed by atoms with van der Waals surface area (Å²) in [7, 11) is 1.25. The number of rotatable bonds is 3. The second-order valence-corrected chi connectivity index (χ2v) is 4.54. The van der Waals surface area contributed by atoms with Crippen LogP contribution < -0.4 is 9.64 Å². The topological polar surface area (TPSA) is 49.9 Å². The lowest BCUT2D eigenvalue weighted by atomic mass is 9.96. The van der Waals surface area contributed by atoms with Gasteiger partial charge in [-0.25, -0.2) is 4.79 Å². The molecule has 1 radical (unpaired) electrons. The van der Waals surface area contributed by atoms with E-state index in [4.69, 9.17) is 4.74 Å². The number of anilines is 1. The first-order chi connectivity index (χ1) is 9.69. The van der Waals surface area contributed by atoms with Gasteiger partial charge in [-0.1, -0.05) is 6.58 Å². The third kappa shape index (κ3) is 2.09. The Bertz CT molecular complexity index is 627. The van der Waals surface area contributed by atoms with Gasteiger partial charge in [0.05, 0.1) is 0 Å². The van der Waals surface area contributed by atoms with Gasteiger partial charge in [-0.2, -0.15) is 0 Å². The third-order valence-electron chi connectivity index (χ3n) is 3.28.